The summed E-state index contributed by atoms with van der Waals surface area (Å²) in [7, 11) is 2.03. The monoisotopic (exact) mass is 384 g/mol. The van der Waals surface area contributed by atoms with Crippen molar-refractivity contribution in [2.75, 3.05) is 31.2 Å². The van der Waals surface area contributed by atoms with Crippen LogP contribution in [0.15, 0.2) is 29.4 Å². The number of aromatic nitrogens is 2. The Kier molecular flexibility index (Phi) is 4.47. The second-order valence-corrected chi connectivity index (χ2v) is 7.55. The van der Waals surface area contributed by atoms with E-state index in [4.69, 9.17) is 5.73 Å². The highest BCUT2D eigenvalue weighted by Gasteiger charge is 2.53. The Morgan fingerprint density at radius 2 is 2.21 bits per heavy atom. The Balaban J connectivity index is 1.72. The second-order valence-electron chi connectivity index (χ2n) is 7.55. The number of hydrogen-bond acceptors (Lipinski definition) is 10. The van der Waals surface area contributed by atoms with Gasteiger partial charge in [0.2, 0.25) is 0 Å². The highest BCUT2D eigenvalue weighted by Crippen LogP contribution is 2.41. The number of anilines is 2. The average molecular weight is 384 g/mol. The van der Waals surface area contributed by atoms with Crippen molar-refractivity contribution >= 4 is 11.6 Å². The standard InChI is InChI=1S/C18H24N8O2/c1-10-6-12(23-15-11(7-19)14(20)21-9-22-15)17(28)26-13(10)16(27)24-18(26)4-3-5-25(2)8-18/h6,9,16-17,24,27-28H,3-5,8H2,1-2H3,(H3,20,21,22,23)/t16-,17-,18-/m1/s1. The summed E-state index contributed by atoms with van der Waals surface area (Å²) in [6.07, 6.45) is 2.85. The van der Waals surface area contributed by atoms with Crippen LogP contribution in [0.25, 0.3) is 0 Å². The summed E-state index contributed by atoms with van der Waals surface area (Å²) < 4.78 is 0. The van der Waals surface area contributed by atoms with Crippen LogP contribution in [-0.4, -0.2) is 68.2 Å². The van der Waals surface area contributed by atoms with Crippen molar-refractivity contribution in [1.82, 2.24) is 25.1 Å². The van der Waals surface area contributed by atoms with Crippen LogP contribution in [0, 0.1) is 11.3 Å². The first-order chi connectivity index (χ1) is 13.4. The fourth-order valence-corrected chi connectivity index (χ4v) is 4.45. The Bertz CT molecular complexity index is 907. The molecule has 10 heteroatoms. The van der Waals surface area contributed by atoms with Gasteiger partial charge in [0.05, 0.1) is 11.4 Å². The van der Waals surface area contributed by atoms with Crippen molar-refractivity contribution in [2.45, 2.75) is 37.9 Å². The van der Waals surface area contributed by atoms with Gasteiger partial charge in [-0.1, -0.05) is 0 Å². The minimum absolute atomic E-state index is 0.0717. The topological polar surface area (TPSA) is 147 Å². The zero-order valence-electron chi connectivity index (χ0n) is 15.8. The molecule has 1 aromatic heterocycles. The van der Waals surface area contributed by atoms with Crippen LogP contribution in [0.5, 0.6) is 0 Å². The van der Waals surface area contributed by atoms with E-state index in [2.05, 4.69) is 25.5 Å². The molecule has 0 amide bonds. The van der Waals surface area contributed by atoms with Gasteiger partial charge in [0, 0.05) is 6.54 Å². The van der Waals surface area contributed by atoms with Crippen LogP contribution in [0.4, 0.5) is 11.6 Å². The van der Waals surface area contributed by atoms with E-state index in [1.54, 1.807) is 6.08 Å². The lowest BCUT2D eigenvalue weighted by molar-refractivity contribution is -0.0451. The maximum atomic E-state index is 11.2. The molecule has 0 saturated carbocycles. The van der Waals surface area contributed by atoms with Crippen LogP contribution in [0.3, 0.4) is 0 Å². The zero-order chi connectivity index (χ0) is 20.1. The third-order valence-corrected chi connectivity index (χ3v) is 5.60. The van der Waals surface area contributed by atoms with Gasteiger partial charge in [0.25, 0.3) is 0 Å². The highest BCUT2D eigenvalue weighted by atomic mass is 16.3. The van der Waals surface area contributed by atoms with Crippen molar-refractivity contribution in [3.05, 3.63) is 34.9 Å². The number of nitrogens with two attached hydrogens (primary N) is 1. The maximum Gasteiger partial charge on any atom is 0.169 e. The average Bonchev–Trinajstić information content (AvgIpc) is 2.91. The van der Waals surface area contributed by atoms with Gasteiger partial charge < -0.3 is 31.1 Å². The number of nitriles is 1. The molecule has 0 aliphatic carbocycles. The molecule has 3 aliphatic rings. The lowest BCUT2D eigenvalue weighted by Crippen LogP contribution is -2.64. The molecule has 1 aromatic rings. The Labute approximate surface area is 163 Å². The van der Waals surface area contributed by atoms with Crippen LogP contribution >= 0.6 is 0 Å². The molecule has 28 heavy (non-hydrogen) atoms. The molecule has 0 radical (unpaired) electrons. The molecule has 0 bridgehead atoms. The minimum Gasteiger partial charge on any atom is -0.382 e. The Morgan fingerprint density at radius 1 is 1.43 bits per heavy atom. The molecule has 2 saturated heterocycles. The number of aliphatic hydroxyl groups excluding tert-OH is 2. The molecule has 1 spiro atoms. The number of fused-ring (bicyclic) bond motifs is 2. The van der Waals surface area contributed by atoms with Gasteiger partial charge in [-0.2, -0.15) is 5.26 Å². The van der Waals surface area contributed by atoms with Gasteiger partial charge in [0.15, 0.2) is 12.0 Å². The third-order valence-electron chi connectivity index (χ3n) is 5.60. The van der Waals surface area contributed by atoms with E-state index in [-0.39, 0.29) is 17.2 Å². The molecule has 4 heterocycles. The third kappa shape index (κ3) is 2.80. The lowest BCUT2D eigenvalue weighted by atomic mass is 9.95. The Hall–Kier alpha value is -2.71. The van der Waals surface area contributed by atoms with Crippen molar-refractivity contribution in [2.24, 2.45) is 0 Å². The summed E-state index contributed by atoms with van der Waals surface area (Å²) in [6, 6.07) is 1.99. The number of allylic oxidation sites excluding steroid dienone is 2. The summed E-state index contributed by atoms with van der Waals surface area (Å²) in [5.74, 6) is 0.307. The fourth-order valence-electron chi connectivity index (χ4n) is 4.45. The van der Waals surface area contributed by atoms with E-state index < -0.39 is 18.1 Å². The van der Waals surface area contributed by atoms with E-state index >= 15 is 0 Å². The Morgan fingerprint density at radius 3 is 2.93 bits per heavy atom. The molecule has 4 rings (SSSR count). The number of nitrogens with zero attached hydrogens (tertiary/aromatic N) is 5. The molecule has 3 atom stereocenters. The number of rotatable bonds is 2. The molecule has 6 N–H and O–H groups in total. The fraction of sp³-hybridized carbons (Fsp3) is 0.500. The second kappa shape index (κ2) is 6.72. The molecule has 3 aliphatic heterocycles. The normalized spacial score (nSPS) is 30.2. The van der Waals surface area contributed by atoms with E-state index in [9.17, 15) is 15.5 Å². The highest BCUT2D eigenvalue weighted by molar-refractivity contribution is 5.64. The van der Waals surface area contributed by atoms with Gasteiger partial charge in [-0.05, 0) is 45.0 Å². The number of nitrogen functional groups attached to an aromatic ring is 1. The molecule has 2 fully saturated rings. The van der Waals surface area contributed by atoms with E-state index in [0.29, 0.717) is 17.9 Å². The number of likely N-dealkylation sites (N-methyl/N-ethyl adjacent to an activating group) is 1. The van der Waals surface area contributed by atoms with Crippen LogP contribution < -0.4 is 16.4 Å². The SMILES string of the molecule is CC1=C2[C@@H](O)N[C@]3(CCCN(C)C3)N2[C@H](O)C(Nc2ncnc(N)c2C#N)=C1. The molecule has 0 unspecified atom stereocenters. The summed E-state index contributed by atoms with van der Waals surface area (Å²) in [4.78, 5) is 12.0. The van der Waals surface area contributed by atoms with Gasteiger partial charge in [-0.25, -0.2) is 9.97 Å². The van der Waals surface area contributed by atoms with Crippen LogP contribution in [0.2, 0.25) is 0 Å². The number of aliphatic hydroxyl groups is 2. The number of nitrogens with one attached hydrogen (secondary N) is 2. The largest absolute Gasteiger partial charge is 0.382 e. The van der Waals surface area contributed by atoms with E-state index in [1.165, 1.54) is 6.33 Å². The summed E-state index contributed by atoms with van der Waals surface area (Å²) in [6.45, 7) is 3.51. The van der Waals surface area contributed by atoms with Gasteiger partial charge in [-0.15, -0.1) is 0 Å². The summed E-state index contributed by atoms with van der Waals surface area (Å²) in [5.41, 5.74) is 7.25. The number of likely N-dealkylation sites (tertiary alicyclic amines) is 1. The van der Waals surface area contributed by atoms with Crippen molar-refractivity contribution in [1.29, 1.82) is 5.26 Å². The summed E-state index contributed by atoms with van der Waals surface area (Å²) >= 11 is 0. The van der Waals surface area contributed by atoms with E-state index in [1.807, 2.05) is 24.9 Å². The molecular formula is C18H24N8O2. The number of piperidine rings is 1. The predicted octanol–water partition coefficient (Wildman–Crippen LogP) is -0.522. The minimum atomic E-state index is -1.04. The zero-order valence-corrected chi connectivity index (χ0v) is 15.8. The first-order valence-electron chi connectivity index (χ1n) is 9.18. The first-order valence-corrected chi connectivity index (χ1v) is 9.18. The molecule has 0 aromatic carbocycles. The van der Waals surface area contributed by atoms with Crippen molar-refractivity contribution < 1.29 is 10.2 Å². The smallest absolute Gasteiger partial charge is 0.169 e. The van der Waals surface area contributed by atoms with Crippen LogP contribution in [-0.2, 0) is 0 Å². The van der Waals surface area contributed by atoms with Gasteiger partial charge in [0.1, 0.15) is 35.7 Å². The number of hydrogen-bond donors (Lipinski definition) is 5. The predicted molar refractivity (Wildman–Crippen MR) is 102 cm³/mol. The maximum absolute atomic E-state index is 11.2. The quantitative estimate of drug-likeness (QED) is 0.451. The lowest BCUT2D eigenvalue weighted by Gasteiger charge is -2.48. The molecular weight excluding hydrogens is 360 g/mol. The van der Waals surface area contributed by atoms with Gasteiger partial charge >= 0.3 is 0 Å². The molecule has 148 valence electrons. The van der Waals surface area contributed by atoms with Gasteiger partial charge in [-0.3, -0.25) is 5.32 Å². The van der Waals surface area contributed by atoms with Crippen LogP contribution in [0.1, 0.15) is 25.3 Å². The van der Waals surface area contributed by atoms with Crippen molar-refractivity contribution in [3.8, 4) is 6.07 Å². The van der Waals surface area contributed by atoms with E-state index in [0.717, 1.165) is 25.0 Å². The summed E-state index contributed by atoms with van der Waals surface area (Å²) in [5, 5.41) is 37.5. The molecule has 10 nitrogen and oxygen atoms in total. The van der Waals surface area contributed by atoms with Crippen molar-refractivity contribution in [3.63, 3.8) is 0 Å². The first kappa shape index (κ1) is 18.6.